The van der Waals surface area contributed by atoms with Crippen molar-refractivity contribution in [3.05, 3.63) is 29.3 Å². The van der Waals surface area contributed by atoms with Crippen LogP contribution in [0, 0.1) is 13.8 Å². The highest BCUT2D eigenvalue weighted by molar-refractivity contribution is 9.09. The third-order valence-electron chi connectivity index (χ3n) is 3.53. The summed E-state index contributed by atoms with van der Waals surface area (Å²) in [7, 11) is 0. The topological polar surface area (TPSA) is 9.23 Å². The van der Waals surface area contributed by atoms with Gasteiger partial charge in [-0.3, -0.25) is 0 Å². The first-order valence-corrected chi connectivity index (χ1v) is 8.62. The highest BCUT2D eigenvalue weighted by Crippen LogP contribution is 2.17. The lowest BCUT2D eigenvalue weighted by Crippen LogP contribution is -1.98. The Kier molecular flexibility index (Phi) is 8.98. The molecule has 0 unspecified atom stereocenters. The zero-order valence-electron chi connectivity index (χ0n) is 12.4. The Morgan fingerprint density at radius 2 is 1.47 bits per heavy atom. The quantitative estimate of drug-likeness (QED) is 0.389. The van der Waals surface area contributed by atoms with Crippen molar-refractivity contribution in [2.75, 3.05) is 11.9 Å². The molecule has 0 spiro atoms. The van der Waals surface area contributed by atoms with Crippen LogP contribution in [0.1, 0.15) is 56.1 Å². The molecule has 0 radical (unpaired) electrons. The van der Waals surface area contributed by atoms with Gasteiger partial charge in [0.25, 0.3) is 0 Å². The van der Waals surface area contributed by atoms with Gasteiger partial charge in [-0.1, -0.05) is 54.1 Å². The first-order valence-electron chi connectivity index (χ1n) is 7.50. The number of alkyl halides is 1. The SMILES string of the molecule is Cc1ccc(OCCCCCCCCCBr)cc1C. The van der Waals surface area contributed by atoms with Crippen LogP contribution in [-0.2, 0) is 0 Å². The lowest BCUT2D eigenvalue weighted by Gasteiger charge is -2.08. The molecule has 0 heterocycles. The second-order valence-electron chi connectivity index (χ2n) is 5.26. The zero-order valence-corrected chi connectivity index (χ0v) is 14.0. The van der Waals surface area contributed by atoms with E-state index in [0.29, 0.717) is 0 Å². The molecule has 0 saturated heterocycles. The molecule has 0 saturated carbocycles. The molecule has 0 aliphatic rings. The molecule has 1 aromatic rings. The van der Waals surface area contributed by atoms with Crippen LogP contribution in [-0.4, -0.2) is 11.9 Å². The fraction of sp³-hybridized carbons (Fsp3) is 0.647. The van der Waals surface area contributed by atoms with Crippen LogP contribution in [0.3, 0.4) is 0 Å². The number of hydrogen-bond acceptors (Lipinski definition) is 1. The molecule has 0 aliphatic heterocycles. The Hall–Kier alpha value is -0.500. The summed E-state index contributed by atoms with van der Waals surface area (Å²) in [6, 6.07) is 6.34. The molecular weight excluding hydrogens is 300 g/mol. The number of hydrogen-bond donors (Lipinski definition) is 0. The average molecular weight is 327 g/mol. The summed E-state index contributed by atoms with van der Waals surface area (Å²) < 4.78 is 5.78. The van der Waals surface area contributed by atoms with Gasteiger partial charge in [0.05, 0.1) is 6.61 Å². The van der Waals surface area contributed by atoms with E-state index >= 15 is 0 Å². The molecule has 1 aromatic carbocycles. The van der Waals surface area contributed by atoms with E-state index < -0.39 is 0 Å². The lowest BCUT2D eigenvalue weighted by atomic mass is 10.1. The maximum atomic E-state index is 5.78. The van der Waals surface area contributed by atoms with Gasteiger partial charge in [-0.05, 0) is 49.9 Å². The van der Waals surface area contributed by atoms with Crippen LogP contribution >= 0.6 is 15.9 Å². The van der Waals surface area contributed by atoms with Gasteiger partial charge in [0.15, 0.2) is 0 Å². The number of halogens is 1. The van der Waals surface area contributed by atoms with Crippen molar-refractivity contribution < 1.29 is 4.74 Å². The van der Waals surface area contributed by atoms with Crippen LogP contribution < -0.4 is 4.74 Å². The predicted octanol–water partition coefficient (Wildman–Crippen LogP) is 5.81. The maximum Gasteiger partial charge on any atom is 0.119 e. The molecule has 0 amide bonds. The van der Waals surface area contributed by atoms with E-state index in [0.717, 1.165) is 17.7 Å². The minimum absolute atomic E-state index is 0.851. The Morgan fingerprint density at radius 3 is 2.11 bits per heavy atom. The van der Waals surface area contributed by atoms with E-state index in [1.165, 1.54) is 56.1 Å². The van der Waals surface area contributed by atoms with Crippen LogP contribution in [0.2, 0.25) is 0 Å². The summed E-state index contributed by atoms with van der Waals surface area (Å²) in [5, 5.41) is 1.15. The molecule has 0 bridgehead atoms. The molecule has 1 nitrogen and oxygen atoms in total. The third kappa shape index (κ3) is 7.61. The smallest absolute Gasteiger partial charge is 0.119 e. The third-order valence-corrected chi connectivity index (χ3v) is 4.09. The monoisotopic (exact) mass is 326 g/mol. The minimum Gasteiger partial charge on any atom is -0.494 e. The van der Waals surface area contributed by atoms with Crippen molar-refractivity contribution in [2.24, 2.45) is 0 Å². The van der Waals surface area contributed by atoms with E-state index in [9.17, 15) is 0 Å². The molecule has 0 aliphatic carbocycles. The Bertz CT molecular complexity index is 349. The van der Waals surface area contributed by atoms with Gasteiger partial charge in [0.2, 0.25) is 0 Å². The van der Waals surface area contributed by atoms with Gasteiger partial charge in [0, 0.05) is 5.33 Å². The molecule has 0 aromatic heterocycles. The van der Waals surface area contributed by atoms with Crippen molar-refractivity contribution in [1.29, 1.82) is 0 Å². The van der Waals surface area contributed by atoms with Crippen molar-refractivity contribution in [2.45, 2.75) is 58.8 Å². The molecule has 0 fully saturated rings. The van der Waals surface area contributed by atoms with Gasteiger partial charge in [-0.25, -0.2) is 0 Å². The average Bonchev–Trinajstić information content (AvgIpc) is 2.41. The summed E-state index contributed by atoms with van der Waals surface area (Å²) in [4.78, 5) is 0. The largest absolute Gasteiger partial charge is 0.494 e. The molecule has 19 heavy (non-hydrogen) atoms. The molecule has 2 heteroatoms. The summed E-state index contributed by atoms with van der Waals surface area (Å²) in [6.45, 7) is 5.12. The van der Waals surface area contributed by atoms with Crippen LogP contribution in [0.4, 0.5) is 0 Å². The first kappa shape index (κ1) is 16.6. The highest BCUT2D eigenvalue weighted by atomic mass is 79.9. The molecular formula is C17H27BrO. The summed E-state index contributed by atoms with van der Waals surface area (Å²) in [6.07, 6.45) is 9.24. The van der Waals surface area contributed by atoms with Gasteiger partial charge in [-0.15, -0.1) is 0 Å². The number of unbranched alkanes of at least 4 members (excludes halogenated alkanes) is 6. The van der Waals surface area contributed by atoms with Crippen LogP contribution in [0.15, 0.2) is 18.2 Å². The van der Waals surface area contributed by atoms with Crippen molar-refractivity contribution in [3.63, 3.8) is 0 Å². The van der Waals surface area contributed by atoms with Crippen molar-refractivity contribution in [1.82, 2.24) is 0 Å². The minimum atomic E-state index is 0.851. The second kappa shape index (κ2) is 10.3. The summed E-state index contributed by atoms with van der Waals surface area (Å²) in [5.74, 6) is 1.01. The highest BCUT2D eigenvalue weighted by Gasteiger charge is 1.97. The van der Waals surface area contributed by atoms with Gasteiger partial charge < -0.3 is 4.74 Å². The van der Waals surface area contributed by atoms with Gasteiger partial charge in [0.1, 0.15) is 5.75 Å². The number of aryl methyl sites for hydroxylation is 2. The Labute approximate surface area is 126 Å². The Morgan fingerprint density at radius 1 is 0.842 bits per heavy atom. The standard InChI is InChI=1S/C17H27BrO/c1-15-10-11-17(14-16(15)2)19-13-9-7-5-3-4-6-8-12-18/h10-11,14H,3-9,12-13H2,1-2H3. The van der Waals surface area contributed by atoms with E-state index in [4.69, 9.17) is 4.74 Å². The van der Waals surface area contributed by atoms with E-state index in [2.05, 4.69) is 48.0 Å². The van der Waals surface area contributed by atoms with E-state index in [1.807, 2.05) is 0 Å². The predicted molar refractivity (Wildman–Crippen MR) is 87.5 cm³/mol. The summed E-state index contributed by atoms with van der Waals surface area (Å²) >= 11 is 3.47. The molecule has 108 valence electrons. The lowest BCUT2D eigenvalue weighted by molar-refractivity contribution is 0.304. The van der Waals surface area contributed by atoms with Gasteiger partial charge >= 0.3 is 0 Å². The second-order valence-corrected chi connectivity index (χ2v) is 6.05. The molecule has 1 rings (SSSR count). The number of rotatable bonds is 10. The van der Waals surface area contributed by atoms with E-state index in [1.54, 1.807) is 0 Å². The molecule has 0 N–H and O–H groups in total. The normalized spacial score (nSPS) is 10.7. The van der Waals surface area contributed by atoms with Crippen molar-refractivity contribution >= 4 is 15.9 Å². The van der Waals surface area contributed by atoms with Crippen LogP contribution in [0.25, 0.3) is 0 Å². The van der Waals surface area contributed by atoms with Gasteiger partial charge in [-0.2, -0.15) is 0 Å². The summed E-state index contributed by atoms with van der Waals surface area (Å²) in [5.41, 5.74) is 2.64. The number of benzene rings is 1. The zero-order chi connectivity index (χ0) is 13.9. The fourth-order valence-electron chi connectivity index (χ4n) is 2.07. The molecule has 0 atom stereocenters. The van der Waals surface area contributed by atoms with Crippen molar-refractivity contribution in [3.8, 4) is 5.75 Å². The fourth-order valence-corrected chi connectivity index (χ4v) is 2.47. The van der Waals surface area contributed by atoms with E-state index in [-0.39, 0.29) is 0 Å². The maximum absolute atomic E-state index is 5.78. The van der Waals surface area contributed by atoms with Crippen LogP contribution in [0.5, 0.6) is 5.75 Å². The first-order chi connectivity index (χ1) is 9.24. The number of ether oxygens (including phenoxy) is 1. The Balaban J connectivity index is 2.00.